The molecule has 0 saturated carbocycles. The first-order chi connectivity index (χ1) is 14.9. The summed E-state index contributed by atoms with van der Waals surface area (Å²) in [6.07, 6.45) is 0. The molecular weight excluding hydrogens is 360 g/mol. The molecule has 140 valence electrons. The molecule has 6 rings (SSSR count). The molecule has 0 unspecified atom stereocenters. The summed E-state index contributed by atoms with van der Waals surface area (Å²) >= 11 is 0. The summed E-state index contributed by atoms with van der Waals surface area (Å²) in [6.45, 7) is 0. The van der Waals surface area contributed by atoms with Gasteiger partial charge < -0.3 is 0 Å². The lowest BCUT2D eigenvalue weighted by molar-refractivity contribution is 1.57. The van der Waals surface area contributed by atoms with Gasteiger partial charge in [-0.1, -0.05) is 121 Å². The summed E-state index contributed by atoms with van der Waals surface area (Å²) < 4.78 is 0. The first kappa shape index (κ1) is 17.0. The van der Waals surface area contributed by atoms with E-state index in [0.29, 0.717) is 0 Å². The van der Waals surface area contributed by atoms with Crippen molar-refractivity contribution >= 4 is 21.9 Å². The highest BCUT2D eigenvalue weighted by molar-refractivity contribution is 6.23. The molecule has 0 heterocycles. The fourth-order valence-electron chi connectivity index (χ4n) is 4.76. The summed E-state index contributed by atoms with van der Waals surface area (Å²) in [7, 11) is 0. The zero-order valence-corrected chi connectivity index (χ0v) is 16.5. The topological polar surface area (TPSA) is 0 Å². The Morgan fingerprint density at radius 3 is 1.53 bits per heavy atom. The van der Waals surface area contributed by atoms with Gasteiger partial charge in [-0.2, -0.15) is 0 Å². The molecular formula is C30H20. The second-order valence-corrected chi connectivity index (χ2v) is 7.74. The third kappa shape index (κ3) is 2.54. The maximum Gasteiger partial charge on any atom is -0.000808 e. The Hall–Kier alpha value is -3.90. The van der Waals surface area contributed by atoms with Gasteiger partial charge in [0.15, 0.2) is 0 Å². The largest absolute Gasteiger partial charge is 0.0622 e. The predicted octanol–water partition coefficient (Wildman–Crippen LogP) is 7.83. The molecule has 0 fully saturated rings. The van der Waals surface area contributed by atoms with Crippen molar-refractivity contribution in [1.29, 1.82) is 0 Å². The maximum atomic E-state index is 2.29. The van der Waals surface area contributed by atoms with E-state index in [-0.39, 0.29) is 0 Å². The molecule has 0 N–H and O–H groups in total. The molecule has 5 aromatic carbocycles. The summed E-state index contributed by atoms with van der Waals surface area (Å²) in [4.78, 5) is 0. The van der Waals surface area contributed by atoms with E-state index in [1.807, 2.05) is 0 Å². The van der Waals surface area contributed by atoms with Crippen LogP contribution in [-0.2, 0) is 0 Å². The van der Waals surface area contributed by atoms with E-state index >= 15 is 0 Å². The molecule has 0 aliphatic heterocycles. The number of hydrogen-bond donors (Lipinski definition) is 0. The lowest BCUT2D eigenvalue weighted by atomic mass is 9.88. The van der Waals surface area contributed by atoms with Crippen molar-refractivity contribution < 1.29 is 0 Å². The Bertz CT molecular complexity index is 1390. The van der Waals surface area contributed by atoms with Gasteiger partial charge in [0.1, 0.15) is 0 Å². The number of benzene rings is 5. The summed E-state index contributed by atoms with van der Waals surface area (Å²) in [5, 5.41) is 2.65. The van der Waals surface area contributed by atoms with Gasteiger partial charge in [-0.05, 0) is 55.3 Å². The molecule has 0 amide bonds. The molecule has 5 aromatic rings. The van der Waals surface area contributed by atoms with E-state index in [0.717, 1.165) is 0 Å². The second-order valence-electron chi connectivity index (χ2n) is 7.74. The standard InChI is InChI=1S/C30H20/c1-4-11-21(12-5-1)25-20-19-24-17-10-18-26-27(22-13-6-2-7-14-22)29(30(25)28(24)26)23-15-8-3-9-16-23/h1-20H. The van der Waals surface area contributed by atoms with Gasteiger partial charge in [-0.3, -0.25) is 0 Å². The van der Waals surface area contributed by atoms with Gasteiger partial charge in [0.25, 0.3) is 0 Å². The lowest BCUT2D eigenvalue weighted by Gasteiger charge is -2.14. The molecule has 30 heavy (non-hydrogen) atoms. The van der Waals surface area contributed by atoms with Crippen LogP contribution >= 0.6 is 0 Å². The lowest BCUT2D eigenvalue weighted by Crippen LogP contribution is -1.92. The Balaban J connectivity index is 1.79. The van der Waals surface area contributed by atoms with Gasteiger partial charge in [-0.15, -0.1) is 0 Å². The van der Waals surface area contributed by atoms with Gasteiger partial charge >= 0.3 is 0 Å². The Morgan fingerprint density at radius 1 is 0.333 bits per heavy atom. The smallest absolute Gasteiger partial charge is 0.000808 e. The van der Waals surface area contributed by atoms with Crippen molar-refractivity contribution in [3.05, 3.63) is 144 Å². The minimum atomic E-state index is 1.26. The van der Waals surface area contributed by atoms with Crippen molar-refractivity contribution in [2.24, 2.45) is 0 Å². The van der Waals surface area contributed by atoms with Crippen molar-refractivity contribution in [2.45, 2.75) is 0 Å². The van der Waals surface area contributed by atoms with Crippen LogP contribution in [0.15, 0.2) is 121 Å². The highest BCUT2D eigenvalue weighted by Gasteiger charge is 2.28. The van der Waals surface area contributed by atoms with E-state index in [1.165, 1.54) is 55.3 Å². The maximum absolute atomic E-state index is 2.29. The molecule has 0 spiro atoms. The average molecular weight is 380 g/mol. The van der Waals surface area contributed by atoms with Gasteiger partial charge in [-0.25, -0.2) is 0 Å². The number of rotatable bonds is 3. The van der Waals surface area contributed by atoms with Crippen LogP contribution in [0.1, 0.15) is 22.3 Å². The third-order valence-electron chi connectivity index (χ3n) is 6.02. The molecule has 0 saturated heterocycles. The van der Waals surface area contributed by atoms with Crippen LogP contribution in [0.3, 0.4) is 0 Å². The first-order valence-electron chi connectivity index (χ1n) is 10.4. The van der Waals surface area contributed by atoms with E-state index in [1.54, 1.807) is 0 Å². The van der Waals surface area contributed by atoms with Crippen LogP contribution in [0.4, 0.5) is 0 Å². The predicted molar refractivity (Wildman–Crippen MR) is 127 cm³/mol. The molecule has 0 nitrogen and oxygen atoms in total. The normalized spacial score (nSPS) is 12.5. The monoisotopic (exact) mass is 380 g/mol. The van der Waals surface area contributed by atoms with Crippen LogP contribution in [0.25, 0.3) is 33.0 Å². The van der Waals surface area contributed by atoms with Crippen molar-refractivity contribution in [3.8, 4) is 11.1 Å². The second kappa shape index (κ2) is 6.86. The fraction of sp³-hybridized carbons (Fsp3) is 0. The minimum Gasteiger partial charge on any atom is -0.0622 e. The molecule has 1 aliphatic carbocycles. The Labute approximate surface area is 176 Å². The Kier molecular flexibility index (Phi) is 3.89. The van der Waals surface area contributed by atoms with Crippen LogP contribution in [-0.4, -0.2) is 0 Å². The van der Waals surface area contributed by atoms with Gasteiger partial charge in [0.05, 0.1) is 0 Å². The quantitative estimate of drug-likeness (QED) is 0.293. The average Bonchev–Trinajstić information content (AvgIpc) is 3.18. The SMILES string of the molecule is c1ccc(C2=C(c3ccccc3)c3c(-c4ccccc4)ccc4cccc2c34)cc1. The summed E-state index contributed by atoms with van der Waals surface area (Å²) in [5.41, 5.74) is 10.4. The molecule has 0 bridgehead atoms. The highest BCUT2D eigenvalue weighted by Crippen LogP contribution is 2.51. The van der Waals surface area contributed by atoms with Gasteiger partial charge in [0.2, 0.25) is 0 Å². The van der Waals surface area contributed by atoms with Crippen molar-refractivity contribution in [3.63, 3.8) is 0 Å². The van der Waals surface area contributed by atoms with Crippen LogP contribution in [0.5, 0.6) is 0 Å². The third-order valence-corrected chi connectivity index (χ3v) is 6.02. The van der Waals surface area contributed by atoms with Crippen molar-refractivity contribution in [1.82, 2.24) is 0 Å². The highest BCUT2D eigenvalue weighted by atomic mass is 14.3. The number of hydrogen-bond acceptors (Lipinski definition) is 0. The molecule has 0 aromatic heterocycles. The van der Waals surface area contributed by atoms with Crippen molar-refractivity contribution in [2.75, 3.05) is 0 Å². The zero-order chi connectivity index (χ0) is 19.9. The van der Waals surface area contributed by atoms with Crippen LogP contribution < -0.4 is 0 Å². The molecule has 0 atom stereocenters. The van der Waals surface area contributed by atoms with Crippen LogP contribution in [0, 0.1) is 0 Å². The summed E-state index contributed by atoms with van der Waals surface area (Å²) in [5.74, 6) is 0. The van der Waals surface area contributed by atoms with Crippen LogP contribution in [0.2, 0.25) is 0 Å². The van der Waals surface area contributed by atoms with E-state index in [2.05, 4.69) is 121 Å². The summed E-state index contributed by atoms with van der Waals surface area (Å²) in [6, 6.07) is 43.6. The van der Waals surface area contributed by atoms with E-state index in [9.17, 15) is 0 Å². The molecule has 1 aliphatic rings. The van der Waals surface area contributed by atoms with E-state index in [4.69, 9.17) is 0 Å². The minimum absolute atomic E-state index is 1.26. The van der Waals surface area contributed by atoms with Gasteiger partial charge in [0, 0.05) is 0 Å². The first-order valence-corrected chi connectivity index (χ1v) is 10.4. The Morgan fingerprint density at radius 2 is 0.900 bits per heavy atom. The zero-order valence-electron chi connectivity index (χ0n) is 16.5. The fourth-order valence-corrected chi connectivity index (χ4v) is 4.76. The van der Waals surface area contributed by atoms with E-state index < -0.39 is 0 Å². The molecule has 0 heteroatoms. The molecule has 0 radical (unpaired) electrons.